The molecule has 26 heavy (non-hydrogen) atoms. The third kappa shape index (κ3) is 3.52. The summed E-state index contributed by atoms with van der Waals surface area (Å²) in [6.45, 7) is 3.78. The first-order valence-electron chi connectivity index (χ1n) is 9.68. The van der Waals surface area contributed by atoms with Gasteiger partial charge in [0.05, 0.1) is 6.10 Å². The van der Waals surface area contributed by atoms with E-state index < -0.39 is 11.0 Å². The first-order valence-corrected chi connectivity index (χ1v) is 9.68. The molecule has 2 fully saturated rings. The third-order valence-electron chi connectivity index (χ3n) is 6.05. The summed E-state index contributed by atoms with van der Waals surface area (Å²) in [4.78, 5) is 38.3. The lowest BCUT2D eigenvalue weighted by Crippen LogP contribution is -2.57. The maximum absolute atomic E-state index is 13.0. The summed E-state index contributed by atoms with van der Waals surface area (Å²) in [7, 11) is 0. The zero-order valence-corrected chi connectivity index (χ0v) is 15.8. The van der Waals surface area contributed by atoms with Crippen LogP contribution in [0.4, 0.5) is 0 Å². The van der Waals surface area contributed by atoms with Gasteiger partial charge in [0, 0.05) is 24.7 Å². The second kappa shape index (κ2) is 7.43. The molecule has 0 unspecified atom stereocenters. The molecule has 0 N–H and O–H groups in total. The standard InChI is InChI=1S/C22H28O4/c1-21(2)17(23)11-6-12-18(24)22(19(25)13-14-20(21)26-22)15-7-10-16-8-4-3-5-9-16/h3-5,8-9,20H,6-7,10-15H2,1-2H3/t20-,22-/m0/s1. The fourth-order valence-electron chi connectivity index (χ4n) is 4.20. The van der Waals surface area contributed by atoms with Gasteiger partial charge in [-0.15, -0.1) is 0 Å². The van der Waals surface area contributed by atoms with Crippen molar-refractivity contribution in [3.05, 3.63) is 35.9 Å². The number of aryl methyl sites for hydroxylation is 1. The third-order valence-corrected chi connectivity index (χ3v) is 6.05. The van der Waals surface area contributed by atoms with Crippen LogP contribution in [-0.4, -0.2) is 29.1 Å². The average molecular weight is 356 g/mol. The van der Waals surface area contributed by atoms with Gasteiger partial charge >= 0.3 is 0 Å². The van der Waals surface area contributed by atoms with E-state index in [1.54, 1.807) is 0 Å². The second-order valence-electron chi connectivity index (χ2n) is 8.16. The Morgan fingerprint density at radius 2 is 1.62 bits per heavy atom. The van der Waals surface area contributed by atoms with Crippen molar-refractivity contribution in [3.63, 3.8) is 0 Å². The molecule has 0 radical (unpaired) electrons. The molecule has 140 valence electrons. The second-order valence-corrected chi connectivity index (χ2v) is 8.16. The SMILES string of the molecule is CC1(C)C(=O)CCCC(=O)[C@]2(CCCc3ccccc3)O[C@H]1CCC2=O. The Bertz CT molecular complexity index is 691. The molecule has 2 bridgehead atoms. The van der Waals surface area contributed by atoms with Gasteiger partial charge in [0.15, 0.2) is 17.2 Å². The van der Waals surface area contributed by atoms with E-state index in [1.807, 2.05) is 32.0 Å². The Hall–Kier alpha value is -1.81. The summed E-state index contributed by atoms with van der Waals surface area (Å²) >= 11 is 0. The van der Waals surface area contributed by atoms with Gasteiger partial charge in [-0.05, 0) is 37.7 Å². The van der Waals surface area contributed by atoms with Crippen LogP contribution in [0.25, 0.3) is 0 Å². The van der Waals surface area contributed by atoms with Crippen LogP contribution in [-0.2, 0) is 25.5 Å². The monoisotopic (exact) mass is 356 g/mol. The summed E-state index contributed by atoms with van der Waals surface area (Å²) in [6, 6.07) is 10.1. The summed E-state index contributed by atoms with van der Waals surface area (Å²) in [5, 5.41) is 0. The maximum Gasteiger partial charge on any atom is 0.184 e. The van der Waals surface area contributed by atoms with Crippen molar-refractivity contribution in [2.45, 2.75) is 76.9 Å². The highest BCUT2D eigenvalue weighted by Crippen LogP contribution is 2.41. The van der Waals surface area contributed by atoms with Crippen molar-refractivity contribution in [1.82, 2.24) is 0 Å². The normalized spacial score (nSPS) is 29.0. The van der Waals surface area contributed by atoms with Crippen LogP contribution in [0.5, 0.6) is 0 Å². The summed E-state index contributed by atoms with van der Waals surface area (Å²) in [5.74, 6) is -0.104. The lowest BCUT2D eigenvalue weighted by atomic mass is 9.74. The van der Waals surface area contributed by atoms with Gasteiger partial charge < -0.3 is 4.74 Å². The predicted octanol–water partition coefficient (Wildman–Crippen LogP) is 3.84. The number of benzene rings is 1. The Kier molecular flexibility index (Phi) is 5.42. The van der Waals surface area contributed by atoms with E-state index in [1.165, 1.54) is 5.56 Å². The maximum atomic E-state index is 13.0. The minimum atomic E-state index is -1.35. The highest BCUT2D eigenvalue weighted by Gasteiger charge is 2.54. The lowest BCUT2D eigenvalue weighted by Gasteiger charge is -2.43. The van der Waals surface area contributed by atoms with Crippen LogP contribution in [0, 0.1) is 5.41 Å². The van der Waals surface area contributed by atoms with Crippen molar-refractivity contribution in [2.24, 2.45) is 5.41 Å². The molecule has 2 heterocycles. The van der Waals surface area contributed by atoms with Crippen molar-refractivity contribution in [3.8, 4) is 0 Å². The van der Waals surface area contributed by atoms with Crippen molar-refractivity contribution >= 4 is 17.3 Å². The largest absolute Gasteiger partial charge is 0.355 e. The number of carbonyl (C=O) groups is 3. The van der Waals surface area contributed by atoms with Gasteiger partial charge in [-0.1, -0.05) is 44.2 Å². The first-order chi connectivity index (χ1) is 12.4. The molecule has 2 aliphatic rings. The number of ketones is 3. The van der Waals surface area contributed by atoms with Gasteiger partial charge in [0.1, 0.15) is 5.78 Å². The molecule has 0 aliphatic carbocycles. The van der Waals surface area contributed by atoms with Crippen LogP contribution in [0.1, 0.15) is 64.4 Å². The molecule has 1 aromatic carbocycles. The summed E-state index contributed by atoms with van der Waals surface area (Å²) in [5.41, 5.74) is -0.815. The Morgan fingerprint density at radius 1 is 0.962 bits per heavy atom. The van der Waals surface area contributed by atoms with Crippen molar-refractivity contribution in [1.29, 1.82) is 0 Å². The fourth-order valence-corrected chi connectivity index (χ4v) is 4.20. The van der Waals surface area contributed by atoms with Crippen LogP contribution < -0.4 is 0 Å². The number of Topliss-reactive ketones (excluding diaryl/α,β-unsaturated/α-hetero) is 3. The highest BCUT2D eigenvalue weighted by molar-refractivity contribution is 6.11. The molecule has 2 saturated heterocycles. The Labute approximate surface area is 155 Å². The molecule has 2 atom stereocenters. The molecule has 4 heteroatoms. The highest BCUT2D eigenvalue weighted by atomic mass is 16.5. The molecule has 0 amide bonds. The van der Waals surface area contributed by atoms with Gasteiger partial charge in [-0.3, -0.25) is 14.4 Å². The van der Waals surface area contributed by atoms with E-state index in [9.17, 15) is 14.4 Å². The van der Waals surface area contributed by atoms with E-state index in [4.69, 9.17) is 4.74 Å². The van der Waals surface area contributed by atoms with E-state index in [-0.39, 0.29) is 29.9 Å². The molecule has 1 aromatic rings. The van der Waals surface area contributed by atoms with Gasteiger partial charge in [0.25, 0.3) is 0 Å². The first kappa shape index (κ1) is 19.0. The number of hydrogen-bond donors (Lipinski definition) is 0. The predicted molar refractivity (Wildman–Crippen MR) is 98.9 cm³/mol. The smallest absolute Gasteiger partial charge is 0.184 e. The molecule has 3 rings (SSSR count). The zero-order valence-electron chi connectivity index (χ0n) is 15.8. The minimum absolute atomic E-state index is 0.100. The van der Waals surface area contributed by atoms with Crippen LogP contribution in [0.15, 0.2) is 30.3 Å². The van der Waals surface area contributed by atoms with E-state index >= 15 is 0 Å². The van der Waals surface area contributed by atoms with E-state index in [0.29, 0.717) is 38.5 Å². The average Bonchev–Trinajstić information content (AvgIpc) is 2.65. The van der Waals surface area contributed by atoms with E-state index in [0.717, 1.165) is 6.42 Å². The van der Waals surface area contributed by atoms with Crippen molar-refractivity contribution in [2.75, 3.05) is 0 Å². The number of carbonyl (C=O) groups excluding carboxylic acids is 3. The Morgan fingerprint density at radius 3 is 2.35 bits per heavy atom. The number of ether oxygens (including phenoxy) is 1. The topological polar surface area (TPSA) is 60.4 Å². The number of hydrogen-bond acceptors (Lipinski definition) is 4. The molecular weight excluding hydrogens is 328 g/mol. The van der Waals surface area contributed by atoms with Crippen LogP contribution in [0.2, 0.25) is 0 Å². The van der Waals surface area contributed by atoms with Gasteiger partial charge in [-0.25, -0.2) is 0 Å². The molecule has 2 aliphatic heterocycles. The Balaban J connectivity index is 1.83. The van der Waals surface area contributed by atoms with Crippen molar-refractivity contribution < 1.29 is 19.1 Å². The molecular formula is C22H28O4. The minimum Gasteiger partial charge on any atom is -0.355 e. The lowest BCUT2D eigenvalue weighted by molar-refractivity contribution is -0.188. The fraction of sp³-hybridized carbons (Fsp3) is 0.591. The van der Waals surface area contributed by atoms with Crippen LogP contribution in [0.3, 0.4) is 0 Å². The number of fused-ring (bicyclic) bond motifs is 2. The van der Waals surface area contributed by atoms with Gasteiger partial charge in [0.2, 0.25) is 0 Å². The quantitative estimate of drug-likeness (QED) is 0.769. The van der Waals surface area contributed by atoms with Crippen LogP contribution >= 0.6 is 0 Å². The summed E-state index contributed by atoms with van der Waals surface area (Å²) < 4.78 is 6.22. The number of rotatable bonds is 4. The van der Waals surface area contributed by atoms with E-state index in [2.05, 4.69) is 12.1 Å². The molecule has 0 spiro atoms. The molecule has 0 aromatic heterocycles. The molecule has 4 nitrogen and oxygen atoms in total. The van der Waals surface area contributed by atoms with Gasteiger partial charge in [-0.2, -0.15) is 0 Å². The zero-order chi connectivity index (χ0) is 18.8. The molecule has 0 saturated carbocycles. The summed E-state index contributed by atoms with van der Waals surface area (Å²) in [6.07, 6.45) is 3.52.